The lowest BCUT2D eigenvalue weighted by molar-refractivity contribution is -0.385. The van der Waals surface area contributed by atoms with Gasteiger partial charge < -0.3 is 10.6 Å². The number of rotatable bonds is 5. The Morgan fingerprint density at radius 1 is 1.18 bits per heavy atom. The smallest absolute Gasteiger partial charge is 0.270 e. The van der Waals surface area contributed by atoms with Crippen LogP contribution in [0.25, 0.3) is 16.5 Å². The monoisotopic (exact) mass is 492 g/mol. The highest BCUT2D eigenvalue weighted by molar-refractivity contribution is 5.94. The Bertz CT molecular complexity index is 1220. The fraction of sp³-hybridized carbons (Fsp3) is 0.292. The van der Waals surface area contributed by atoms with Gasteiger partial charge in [0.2, 0.25) is 0 Å². The van der Waals surface area contributed by atoms with Crippen LogP contribution in [0.3, 0.4) is 0 Å². The highest BCUT2D eigenvalue weighted by atomic mass is 35.5. The summed E-state index contributed by atoms with van der Waals surface area (Å²) in [4.78, 5) is 15.4. The second kappa shape index (κ2) is 10.9. The van der Waals surface area contributed by atoms with Gasteiger partial charge in [-0.1, -0.05) is 12.1 Å². The molecule has 1 aliphatic heterocycles. The Kier molecular flexibility index (Phi) is 8.77. The average molecular weight is 493 g/mol. The first-order valence-electron chi connectivity index (χ1n) is 10.4. The predicted molar refractivity (Wildman–Crippen MR) is 136 cm³/mol. The molecule has 1 atom stereocenters. The van der Waals surface area contributed by atoms with E-state index in [1.165, 1.54) is 17.7 Å². The average Bonchev–Trinajstić information content (AvgIpc) is 2.75. The molecule has 2 aromatic carbocycles. The zero-order chi connectivity index (χ0) is 22.1. The normalized spacial score (nSPS) is 14.0. The topological polar surface area (TPSA) is 80.1 Å². The number of hydrogen-bond acceptors (Lipinski definition) is 5. The van der Waals surface area contributed by atoms with Gasteiger partial charge in [0.25, 0.3) is 5.69 Å². The maximum absolute atomic E-state index is 14.8. The van der Waals surface area contributed by atoms with E-state index < -0.39 is 16.8 Å². The van der Waals surface area contributed by atoms with E-state index in [4.69, 9.17) is 0 Å². The van der Waals surface area contributed by atoms with Gasteiger partial charge >= 0.3 is 0 Å². The minimum atomic E-state index is -0.492. The molecular weight excluding hydrogens is 466 g/mol. The van der Waals surface area contributed by atoms with Crippen LogP contribution in [0.1, 0.15) is 41.8 Å². The van der Waals surface area contributed by atoms with Gasteiger partial charge in [-0.3, -0.25) is 15.1 Å². The van der Waals surface area contributed by atoms with Gasteiger partial charge in [-0.05, 0) is 68.6 Å². The van der Waals surface area contributed by atoms with Gasteiger partial charge in [0.1, 0.15) is 5.82 Å². The minimum Gasteiger partial charge on any atom is -0.378 e. The molecule has 0 unspecified atom stereocenters. The van der Waals surface area contributed by atoms with Crippen molar-refractivity contribution in [2.45, 2.75) is 33.2 Å². The van der Waals surface area contributed by atoms with Gasteiger partial charge in [-0.25, -0.2) is 4.39 Å². The lowest BCUT2D eigenvalue weighted by atomic mass is 9.97. The molecular formula is C24H27Cl2FN4O2. The van der Waals surface area contributed by atoms with Gasteiger partial charge in [-0.2, -0.15) is 0 Å². The molecule has 6 nitrogen and oxygen atoms in total. The number of hydrogen-bond donors (Lipinski definition) is 2. The van der Waals surface area contributed by atoms with Crippen molar-refractivity contribution in [1.82, 2.24) is 10.3 Å². The summed E-state index contributed by atoms with van der Waals surface area (Å²) in [6.45, 7) is 7.07. The van der Waals surface area contributed by atoms with Crippen LogP contribution < -0.4 is 10.6 Å². The summed E-state index contributed by atoms with van der Waals surface area (Å²) in [5.74, 6) is -0.429. The molecule has 1 aromatic heterocycles. The molecule has 0 bridgehead atoms. The first kappa shape index (κ1) is 26.5. The van der Waals surface area contributed by atoms with E-state index in [1.54, 1.807) is 6.92 Å². The first-order chi connectivity index (χ1) is 14.8. The number of pyridine rings is 1. The number of aryl methyl sites for hydroxylation is 2. The van der Waals surface area contributed by atoms with E-state index in [2.05, 4.69) is 33.8 Å². The quantitative estimate of drug-likeness (QED) is 0.323. The van der Waals surface area contributed by atoms with Crippen molar-refractivity contribution in [2.24, 2.45) is 0 Å². The van der Waals surface area contributed by atoms with Crippen LogP contribution in [0, 0.1) is 29.8 Å². The summed E-state index contributed by atoms with van der Waals surface area (Å²) in [5.41, 5.74) is 5.37. The highest BCUT2D eigenvalue weighted by Gasteiger charge is 2.20. The number of anilines is 1. The van der Waals surface area contributed by atoms with Crippen LogP contribution >= 0.6 is 24.8 Å². The molecule has 0 spiro atoms. The zero-order valence-electron chi connectivity index (χ0n) is 18.6. The Morgan fingerprint density at radius 3 is 2.61 bits per heavy atom. The molecule has 1 aliphatic rings. The van der Waals surface area contributed by atoms with Crippen LogP contribution in [0.15, 0.2) is 42.5 Å². The molecule has 3 aromatic rings. The van der Waals surface area contributed by atoms with E-state index in [-0.39, 0.29) is 41.6 Å². The molecule has 0 amide bonds. The Labute approximate surface area is 204 Å². The summed E-state index contributed by atoms with van der Waals surface area (Å²) in [6, 6.07) is 10.2. The maximum Gasteiger partial charge on any atom is 0.270 e. The van der Waals surface area contributed by atoms with Gasteiger partial charge in [0, 0.05) is 41.0 Å². The van der Waals surface area contributed by atoms with Gasteiger partial charge in [0.05, 0.1) is 16.5 Å². The van der Waals surface area contributed by atoms with Crippen molar-refractivity contribution in [2.75, 3.05) is 18.4 Å². The summed E-state index contributed by atoms with van der Waals surface area (Å²) >= 11 is 0. The Morgan fingerprint density at radius 2 is 1.94 bits per heavy atom. The van der Waals surface area contributed by atoms with E-state index >= 15 is 0 Å². The third-order valence-corrected chi connectivity index (χ3v) is 5.69. The van der Waals surface area contributed by atoms with Gasteiger partial charge in [-0.15, -0.1) is 24.8 Å². The minimum absolute atomic E-state index is 0. The fourth-order valence-electron chi connectivity index (χ4n) is 4.07. The van der Waals surface area contributed by atoms with E-state index in [0.717, 1.165) is 47.4 Å². The number of benzene rings is 2. The first-order valence-corrected chi connectivity index (χ1v) is 10.4. The van der Waals surface area contributed by atoms with Crippen LogP contribution in [-0.2, 0) is 0 Å². The number of halogens is 3. The third-order valence-electron chi connectivity index (χ3n) is 5.69. The summed E-state index contributed by atoms with van der Waals surface area (Å²) in [6.07, 6.45) is 3.16. The molecule has 4 rings (SSSR count). The molecule has 0 saturated heterocycles. The number of non-ortho nitro benzene ring substituents is 1. The number of fused-ring (bicyclic) bond motifs is 1. The second-order valence-corrected chi connectivity index (χ2v) is 8.02. The molecule has 2 heterocycles. The second-order valence-electron chi connectivity index (χ2n) is 8.02. The molecule has 0 aliphatic carbocycles. The van der Waals surface area contributed by atoms with E-state index in [1.807, 2.05) is 26.0 Å². The molecule has 0 saturated carbocycles. The fourth-order valence-corrected chi connectivity index (χ4v) is 4.07. The molecule has 33 heavy (non-hydrogen) atoms. The van der Waals surface area contributed by atoms with Crippen LogP contribution in [0.4, 0.5) is 15.8 Å². The zero-order valence-corrected chi connectivity index (χ0v) is 20.3. The van der Waals surface area contributed by atoms with Crippen LogP contribution in [0.5, 0.6) is 0 Å². The van der Waals surface area contributed by atoms with Gasteiger partial charge in [0.15, 0.2) is 0 Å². The maximum atomic E-state index is 14.8. The molecule has 0 fully saturated rings. The molecule has 9 heteroatoms. The number of nitrogens with zero attached hydrogens (tertiary/aromatic N) is 2. The van der Waals surface area contributed by atoms with E-state index in [9.17, 15) is 14.5 Å². The van der Waals surface area contributed by atoms with Crippen LogP contribution in [0.2, 0.25) is 0 Å². The Balaban J connectivity index is 0.00000193. The summed E-state index contributed by atoms with van der Waals surface area (Å²) in [5, 5.41) is 18.9. The van der Waals surface area contributed by atoms with Crippen LogP contribution in [-0.4, -0.2) is 23.0 Å². The lowest BCUT2D eigenvalue weighted by Gasteiger charge is -2.20. The summed E-state index contributed by atoms with van der Waals surface area (Å²) in [7, 11) is 0. The van der Waals surface area contributed by atoms with Crippen molar-refractivity contribution in [1.29, 1.82) is 0 Å². The summed E-state index contributed by atoms with van der Waals surface area (Å²) < 4.78 is 14.8. The lowest BCUT2D eigenvalue weighted by Crippen LogP contribution is -2.20. The highest BCUT2D eigenvalue weighted by Crippen LogP contribution is 2.33. The van der Waals surface area contributed by atoms with Crippen molar-refractivity contribution < 1.29 is 9.31 Å². The standard InChI is InChI=1S/C24H25FN4O2.2ClH/c1-14-10-19(29(30)31)13-20(24(14)25)16(3)28-23-11-15(2)27-22-5-4-18(12-21(22)23)17-6-8-26-9-7-17;;/h4-6,10-13,16,26H,7-9H2,1-3H3,(H,27,28);2*1H/t16-;;/m1../s1. The molecule has 2 N–H and O–H groups in total. The molecule has 0 radical (unpaired) electrons. The number of nitro groups is 1. The predicted octanol–water partition coefficient (Wildman–Crippen LogP) is 6.29. The van der Waals surface area contributed by atoms with Crippen molar-refractivity contribution >= 4 is 52.7 Å². The largest absolute Gasteiger partial charge is 0.378 e. The number of nitrogens with one attached hydrogen (secondary N) is 2. The number of aromatic nitrogens is 1. The SMILES string of the molecule is Cc1cc(N[C@H](C)c2cc([N+](=O)[O-])cc(C)c2F)c2cc(C3=CCNCC3)ccc2n1.Cl.Cl. The van der Waals surface area contributed by atoms with Crippen molar-refractivity contribution in [3.63, 3.8) is 0 Å². The van der Waals surface area contributed by atoms with Crippen molar-refractivity contribution in [3.05, 3.63) is 80.8 Å². The number of nitro benzene ring substituents is 1. The Hall–Kier alpha value is -2.74. The van der Waals surface area contributed by atoms with Crippen molar-refractivity contribution in [3.8, 4) is 0 Å². The van der Waals surface area contributed by atoms with E-state index in [0.29, 0.717) is 0 Å². The molecule has 176 valence electrons. The third kappa shape index (κ3) is 5.61.